The van der Waals surface area contributed by atoms with Gasteiger partial charge in [0, 0.05) is 18.7 Å². The Hall–Kier alpha value is -1.50. The lowest BCUT2D eigenvalue weighted by atomic mass is 10.0. The highest BCUT2D eigenvalue weighted by Gasteiger charge is 2.42. The lowest BCUT2D eigenvalue weighted by molar-refractivity contribution is 0.0278. The summed E-state index contributed by atoms with van der Waals surface area (Å²) in [5, 5.41) is 19.4. The first kappa shape index (κ1) is 19.3. The summed E-state index contributed by atoms with van der Waals surface area (Å²) in [6.45, 7) is 5.13. The molecule has 2 N–H and O–H groups in total. The normalized spacial score (nSPS) is 25.4. The summed E-state index contributed by atoms with van der Waals surface area (Å²) in [4.78, 5) is 12.6. The molecule has 1 aliphatic heterocycles. The van der Waals surface area contributed by atoms with E-state index >= 15 is 0 Å². The molecule has 26 heavy (non-hydrogen) atoms. The zero-order valence-corrected chi connectivity index (χ0v) is 15.9. The molecule has 0 aromatic heterocycles. The van der Waals surface area contributed by atoms with Crippen molar-refractivity contribution in [2.24, 2.45) is 11.8 Å². The van der Waals surface area contributed by atoms with Crippen molar-refractivity contribution in [3.63, 3.8) is 0 Å². The standard InChI is InChI=1S/C19H26ClNO5/c1-19(2,24)11-26-16-5-3-4-12(17(16)20)10-25-15-6-13-8-21(18(22)23)9-14(13)7-15/h3-5,13-15,24H,6-11H2,1-2H3,(H,22,23)/t13-,14+,15-. The lowest BCUT2D eigenvalue weighted by Crippen LogP contribution is -2.28. The predicted octanol–water partition coefficient (Wildman–Crippen LogP) is 3.39. The molecule has 1 aliphatic carbocycles. The summed E-state index contributed by atoms with van der Waals surface area (Å²) in [7, 11) is 0. The van der Waals surface area contributed by atoms with Crippen LogP contribution in [0.4, 0.5) is 4.79 Å². The number of carbonyl (C=O) groups is 1. The van der Waals surface area contributed by atoms with Crippen LogP contribution in [0.5, 0.6) is 5.75 Å². The van der Waals surface area contributed by atoms with Gasteiger partial charge in [-0.3, -0.25) is 0 Å². The summed E-state index contributed by atoms with van der Waals surface area (Å²) in [6, 6.07) is 5.54. The minimum absolute atomic E-state index is 0.137. The van der Waals surface area contributed by atoms with Gasteiger partial charge in [0.15, 0.2) is 0 Å². The van der Waals surface area contributed by atoms with Crippen LogP contribution in [-0.2, 0) is 11.3 Å². The summed E-state index contributed by atoms with van der Waals surface area (Å²) >= 11 is 6.41. The van der Waals surface area contributed by atoms with E-state index in [9.17, 15) is 9.90 Å². The van der Waals surface area contributed by atoms with Crippen molar-refractivity contribution >= 4 is 17.7 Å². The number of fused-ring (bicyclic) bond motifs is 1. The number of halogens is 1. The number of hydrogen-bond donors (Lipinski definition) is 2. The molecular formula is C19H26ClNO5. The number of amides is 1. The predicted molar refractivity (Wildman–Crippen MR) is 97.6 cm³/mol. The first-order valence-electron chi connectivity index (χ1n) is 8.95. The topological polar surface area (TPSA) is 79.2 Å². The highest BCUT2D eigenvalue weighted by Crippen LogP contribution is 2.40. The van der Waals surface area contributed by atoms with E-state index in [2.05, 4.69) is 0 Å². The van der Waals surface area contributed by atoms with Crippen molar-refractivity contribution in [3.05, 3.63) is 28.8 Å². The fourth-order valence-electron chi connectivity index (χ4n) is 3.78. The molecule has 2 aliphatic rings. The van der Waals surface area contributed by atoms with Crippen LogP contribution in [0.3, 0.4) is 0 Å². The second-order valence-electron chi connectivity index (χ2n) is 7.94. The van der Waals surface area contributed by atoms with Crippen molar-refractivity contribution in [1.29, 1.82) is 0 Å². The van der Waals surface area contributed by atoms with Gasteiger partial charge >= 0.3 is 6.09 Å². The number of carboxylic acid groups (broad SMARTS) is 1. The molecular weight excluding hydrogens is 358 g/mol. The van der Waals surface area contributed by atoms with E-state index in [1.165, 1.54) is 4.90 Å². The number of benzene rings is 1. The average molecular weight is 384 g/mol. The van der Waals surface area contributed by atoms with Crippen molar-refractivity contribution in [3.8, 4) is 5.75 Å². The van der Waals surface area contributed by atoms with E-state index in [0.29, 0.717) is 42.3 Å². The zero-order chi connectivity index (χ0) is 18.9. The number of nitrogens with zero attached hydrogens (tertiary/aromatic N) is 1. The molecule has 3 atom stereocenters. The SMILES string of the molecule is CC(C)(O)COc1cccc(CO[C@@H]2C[C@@H]3CN(C(=O)O)C[C@@H]3C2)c1Cl. The van der Waals surface area contributed by atoms with E-state index < -0.39 is 11.7 Å². The highest BCUT2D eigenvalue weighted by atomic mass is 35.5. The van der Waals surface area contributed by atoms with Crippen LogP contribution >= 0.6 is 11.6 Å². The molecule has 1 heterocycles. The summed E-state index contributed by atoms with van der Waals surface area (Å²) in [5.41, 5.74) is -0.0782. The van der Waals surface area contributed by atoms with Crippen molar-refractivity contribution in [2.45, 2.75) is 45.0 Å². The Morgan fingerprint density at radius 2 is 1.96 bits per heavy atom. The molecule has 6 nitrogen and oxygen atoms in total. The maximum absolute atomic E-state index is 11.1. The van der Waals surface area contributed by atoms with Gasteiger partial charge in [0.05, 0.1) is 23.3 Å². The maximum atomic E-state index is 11.1. The third-order valence-electron chi connectivity index (χ3n) is 5.08. The minimum atomic E-state index is -0.929. The largest absolute Gasteiger partial charge is 0.489 e. The fraction of sp³-hybridized carbons (Fsp3) is 0.632. The monoisotopic (exact) mass is 383 g/mol. The van der Waals surface area contributed by atoms with Crippen molar-refractivity contribution < 1.29 is 24.5 Å². The molecule has 0 spiro atoms. The summed E-state index contributed by atoms with van der Waals surface area (Å²) < 4.78 is 11.7. The van der Waals surface area contributed by atoms with Crippen LogP contribution in [0.1, 0.15) is 32.3 Å². The van der Waals surface area contributed by atoms with Crippen LogP contribution in [0.2, 0.25) is 5.02 Å². The molecule has 2 fully saturated rings. The zero-order valence-electron chi connectivity index (χ0n) is 15.2. The first-order chi connectivity index (χ1) is 12.2. The highest BCUT2D eigenvalue weighted by molar-refractivity contribution is 6.32. The van der Waals surface area contributed by atoms with E-state index in [-0.39, 0.29) is 12.7 Å². The smallest absolute Gasteiger partial charge is 0.407 e. The number of likely N-dealkylation sites (tertiary alicyclic amines) is 1. The van der Waals surface area contributed by atoms with Gasteiger partial charge in [-0.2, -0.15) is 0 Å². The Balaban J connectivity index is 1.52. The van der Waals surface area contributed by atoms with E-state index in [1.54, 1.807) is 19.9 Å². The van der Waals surface area contributed by atoms with E-state index in [4.69, 9.17) is 26.2 Å². The Bertz CT molecular complexity index is 646. The number of hydrogen-bond acceptors (Lipinski definition) is 4. The third kappa shape index (κ3) is 4.61. The Morgan fingerprint density at radius 3 is 2.54 bits per heavy atom. The second kappa shape index (κ2) is 7.62. The summed E-state index contributed by atoms with van der Waals surface area (Å²) in [6.07, 6.45) is 1.09. The van der Waals surface area contributed by atoms with E-state index in [0.717, 1.165) is 18.4 Å². The van der Waals surface area contributed by atoms with Gasteiger partial charge in [-0.1, -0.05) is 23.7 Å². The third-order valence-corrected chi connectivity index (χ3v) is 5.51. The van der Waals surface area contributed by atoms with Gasteiger partial charge in [-0.25, -0.2) is 4.79 Å². The minimum Gasteiger partial charge on any atom is -0.489 e. The molecule has 144 valence electrons. The number of rotatable bonds is 6. The molecule has 1 saturated carbocycles. The van der Waals surface area contributed by atoms with Gasteiger partial charge in [0.1, 0.15) is 12.4 Å². The number of ether oxygens (including phenoxy) is 2. The van der Waals surface area contributed by atoms with Gasteiger partial charge in [0.2, 0.25) is 0 Å². The van der Waals surface area contributed by atoms with Crippen LogP contribution in [-0.4, -0.2) is 52.6 Å². The van der Waals surface area contributed by atoms with Crippen molar-refractivity contribution in [2.75, 3.05) is 19.7 Å². The molecule has 0 unspecified atom stereocenters. The van der Waals surface area contributed by atoms with Crippen LogP contribution in [0.25, 0.3) is 0 Å². The van der Waals surface area contributed by atoms with Gasteiger partial charge in [-0.15, -0.1) is 0 Å². The van der Waals surface area contributed by atoms with Crippen LogP contribution in [0.15, 0.2) is 18.2 Å². The second-order valence-corrected chi connectivity index (χ2v) is 8.32. The molecule has 7 heteroatoms. The maximum Gasteiger partial charge on any atom is 0.407 e. The lowest BCUT2D eigenvalue weighted by Gasteiger charge is -2.20. The molecule has 1 amide bonds. The average Bonchev–Trinajstić information content (AvgIpc) is 3.10. The van der Waals surface area contributed by atoms with Gasteiger partial charge in [0.25, 0.3) is 0 Å². The fourth-order valence-corrected chi connectivity index (χ4v) is 4.01. The van der Waals surface area contributed by atoms with Crippen LogP contribution < -0.4 is 4.74 Å². The molecule has 3 rings (SSSR count). The Morgan fingerprint density at radius 1 is 1.31 bits per heavy atom. The first-order valence-corrected chi connectivity index (χ1v) is 9.33. The molecule has 1 aromatic rings. The Labute approximate surface area is 158 Å². The molecule has 1 aromatic carbocycles. The summed E-state index contributed by atoms with van der Waals surface area (Å²) in [5.74, 6) is 1.33. The van der Waals surface area contributed by atoms with Crippen LogP contribution in [0, 0.1) is 11.8 Å². The van der Waals surface area contributed by atoms with Gasteiger partial charge < -0.3 is 24.6 Å². The Kier molecular flexibility index (Phi) is 5.65. The quantitative estimate of drug-likeness (QED) is 0.787. The van der Waals surface area contributed by atoms with Gasteiger partial charge in [-0.05, 0) is 44.6 Å². The molecule has 1 saturated heterocycles. The van der Waals surface area contributed by atoms with Crippen molar-refractivity contribution in [1.82, 2.24) is 4.90 Å². The number of aliphatic hydroxyl groups is 1. The molecule has 0 bridgehead atoms. The molecule has 0 radical (unpaired) electrons. The van der Waals surface area contributed by atoms with E-state index in [1.807, 2.05) is 12.1 Å².